The van der Waals surface area contributed by atoms with Crippen LogP contribution < -0.4 is 5.32 Å². The molecule has 0 aliphatic heterocycles. The van der Waals surface area contributed by atoms with Gasteiger partial charge in [-0.1, -0.05) is 20.3 Å². The summed E-state index contributed by atoms with van der Waals surface area (Å²) < 4.78 is 32.1. The first-order valence-corrected chi connectivity index (χ1v) is 12.2. The summed E-state index contributed by atoms with van der Waals surface area (Å²) in [5, 5.41) is 21.9. The standard InChI is InChI=1S/C23H45NO10/c1-3-5-6-20(25)21(26)22(27)23(28)24-7-9-30-11-13-32-15-17-34-19-18-33-16-14-31-12-10-29-8-4-2/h21-22,26-27H,3-19H2,1-2H3,(H,24,28)/t21-,22+/m0/s1. The highest BCUT2D eigenvalue weighted by Gasteiger charge is 2.29. The van der Waals surface area contributed by atoms with E-state index in [-0.39, 0.29) is 19.6 Å². The lowest BCUT2D eigenvalue weighted by molar-refractivity contribution is -0.145. The molecule has 0 aliphatic rings. The van der Waals surface area contributed by atoms with Gasteiger partial charge in [0.2, 0.25) is 0 Å². The lowest BCUT2D eigenvalue weighted by atomic mass is 10.0. The maximum Gasteiger partial charge on any atom is 0.252 e. The van der Waals surface area contributed by atoms with Crippen molar-refractivity contribution in [3.63, 3.8) is 0 Å². The van der Waals surface area contributed by atoms with E-state index < -0.39 is 23.9 Å². The molecule has 0 fully saturated rings. The van der Waals surface area contributed by atoms with Crippen molar-refractivity contribution in [2.24, 2.45) is 0 Å². The molecule has 0 saturated heterocycles. The van der Waals surface area contributed by atoms with Gasteiger partial charge in [0.05, 0.1) is 72.7 Å². The Kier molecular flexibility index (Phi) is 24.1. The number of hydrogen-bond acceptors (Lipinski definition) is 10. The minimum atomic E-state index is -1.78. The summed E-state index contributed by atoms with van der Waals surface area (Å²) in [6, 6.07) is 0. The third-order valence-corrected chi connectivity index (χ3v) is 4.43. The van der Waals surface area contributed by atoms with Crippen LogP contribution in [-0.4, -0.2) is 120 Å². The van der Waals surface area contributed by atoms with E-state index in [1.165, 1.54) is 0 Å². The molecule has 0 radical (unpaired) electrons. The number of Topliss-reactive ketones (excluding diaryl/α,β-unsaturated/α-hetero) is 1. The molecule has 0 aromatic carbocycles. The quantitative estimate of drug-likeness (QED) is 0.141. The monoisotopic (exact) mass is 495 g/mol. The molecule has 0 aliphatic carbocycles. The molecule has 202 valence electrons. The van der Waals surface area contributed by atoms with Gasteiger partial charge in [-0.3, -0.25) is 9.59 Å². The Bertz CT molecular complexity index is 481. The molecule has 2 atom stereocenters. The molecule has 0 rings (SSSR count). The van der Waals surface area contributed by atoms with Crippen molar-refractivity contribution in [1.82, 2.24) is 5.32 Å². The zero-order valence-corrected chi connectivity index (χ0v) is 20.8. The van der Waals surface area contributed by atoms with Gasteiger partial charge in [0, 0.05) is 19.6 Å². The van der Waals surface area contributed by atoms with Crippen molar-refractivity contribution in [1.29, 1.82) is 0 Å². The second-order valence-corrected chi connectivity index (χ2v) is 7.42. The number of hydrogen-bond donors (Lipinski definition) is 3. The van der Waals surface area contributed by atoms with Gasteiger partial charge in [-0.15, -0.1) is 0 Å². The molecule has 1 amide bonds. The third kappa shape index (κ3) is 20.2. The number of amides is 1. The largest absolute Gasteiger partial charge is 0.382 e. The van der Waals surface area contributed by atoms with Crippen LogP contribution >= 0.6 is 0 Å². The Morgan fingerprint density at radius 2 is 1.03 bits per heavy atom. The highest BCUT2D eigenvalue weighted by Crippen LogP contribution is 2.03. The van der Waals surface area contributed by atoms with Crippen molar-refractivity contribution in [2.45, 2.75) is 51.7 Å². The van der Waals surface area contributed by atoms with Gasteiger partial charge >= 0.3 is 0 Å². The lowest BCUT2D eigenvalue weighted by Gasteiger charge is -2.16. The zero-order chi connectivity index (χ0) is 25.3. The second-order valence-electron chi connectivity index (χ2n) is 7.42. The van der Waals surface area contributed by atoms with Crippen molar-refractivity contribution >= 4 is 11.7 Å². The van der Waals surface area contributed by atoms with E-state index in [1.54, 1.807) is 0 Å². The van der Waals surface area contributed by atoms with E-state index >= 15 is 0 Å². The normalized spacial score (nSPS) is 13.1. The van der Waals surface area contributed by atoms with Crippen LogP contribution in [0, 0.1) is 0 Å². The van der Waals surface area contributed by atoms with Crippen LogP contribution in [0.2, 0.25) is 0 Å². The van der Waals surface area contributed by atoms with Crippen LogP contribution in [0.25, 0.3) is 0 Å². The van der Waals surface area contributed by atoms with Crippen LogP contribution in [0.3, 0.4) is 0 Å². The maximum absolute atomic E-state index is 11.8. The van der Waals surface area contributed by atoms with E-state index in [9.17, 15) is 19.8 Å². The number of aliphatic hydroxyl groups excluding tert-OH is 2. The molecule has 0 bridgehead atoms. The van der Waals surface area contributed by atoms with Crippen LogP contribution in [0.15, 0.2) is 0 Å². The van der Waals surface area contributed by atoms with Crippen molar-refractivity contribution in [2.75, 3.05) is 85.8 Å². The predicted octanol–water partition coefficient (Wildman–Crippen LogP) is 0.0933. The average Bonchev–Trinajstić information content (AvgIpc) is 2.84. The summed E-state index contributed by atoms with van der Waals surface area (Å²) in [6.07, 6.45) is -0.947. The number of aliphatic hydroxyl groups is 2. The molecule has 11 heteroatoms. The highest BCUT2D eigenvalue weighted by molar-refractivity contribution is 5.91. The first-order valence-electron chi connectivity index (χ1n) is 12.2. The summed E-state index contributed by atoms with van der Waals surface area (Å²) in [6.45, 7) is 9.87. The van der Waals surface area contributed by atoms with Gasteiger partial charge in [-0.2, -0.15) is 0 Å². The minimum absolute atomic E-state index is 0.134. The van der Waals surface area contributed by atoms with E-state index in [4.69, 9.17) is 28.4 Å². The Morgan fingerprint density at radius 3 is 1.44 bits per heavy atom. The van der Waals surface area contributed by atoms with Gasteiger partial charge < -0.3 is 44.0 Å². The summed E-state index contributed by atoms with van der Waals surface area (Å²) in [5.74, 6) is -1.34. The Hall–Kier alpha value is -1.18. The fourth-order valence-corrected chi connectivity index (χ4v) is 2.52. The molecular weight excluding hydrogens is 450 g/mol. The van der Waals surface area contributed by atoms with Gasteiger partial charge in [0.25, 0.3) is 5.91 Å². The first kappa shape index (κ1) is 32.8. The highest BCUT2D eigenvalue weighted by atomic mass is 16.6. The first-order chi connectivity index (χ1) is 16.5. The number of carbonyl (C=O) groups excluding carboxylic acids is 2. The molecule has 34 heavy (non-hydrogen) atoms. The minimum Gasteiger partial charge on any atom is -0.382 e. The van der Waals surface area contributed by atoms with E-state index in [0.29, 0.717) is 72.5 Å². The molecule has 0 unspecified atom stereocenters. The Labute approximate surface area is 203 Å². The van der Waals surface area contributed by atoms with Crippen LogP contribution in [0.1, 0.15) is 39.5 Å². The fourth-order valence-electron chi connectivity index (χ4n) is 2.52. The molecule has 0 aromatic heterocycles. The summed E-state index contributed by atoms with van der Waals surface area (Å²) >= 11 is 0. The van der Waals surface area contributed by atoms with Crippen LogP contribution in [-0.2, 0) is 38.0 Å². The van der Waals surface area contributed by atoms with Crippen LogP contribution in [0.5, 0.6) is 0 Å². The number of carbonyl (C=O) groups is 2. The lowest BCUT2D eigenvalue weighted by Crippen LogP contribution is -2.46. The van der Waals surface area contributed by atoms with Crippen molar-refractivity contribution in [3.05, 3.63) is 0 Å². The predicted molar refractivity (Wildman–Crippen MR) is 125 cm³/mol. The molecule has 11 nitrogen and oxygen atoms in total. The van der Waals surface area contributed by atoms with Crippen LogP contribution in [0.4, 0.5) is 0 Å². The second kappa shape index (κ2) is 24.9. The van der Waals surface area contributed by atoms with Crippen molar-refractivity contribution < 1.29 is 48.2 Å². The number of ketones is 1. The van der Waals surface area contributed by atoms with Crippen molar-refractivity contribution in [3.8, 4) is 0 Å². The molecular formula is C23H45NO10. The van der Waals surface area contributed by atoms with E-state index in [0.717, 1.165) is 19.4 Å². The smallest absolute Gasteiger partial charge is 0.252 e. The van der Waals surface area contributed by atoms with Gasteiger partial charge in [0.1, 0.15) is 6.10 Å². The molecule has 0 spiro atoms. The summed E-state index contributed by atoms with van der Waals surface area (Å²) in [4.78, 5) is 23.4. The average molecular weight is 496 g/mol. The SMILES string of the molecule is CCCCC(=O)[C@H](O)[C@@H](O)C(=O)NCCOCCOCCOCCOCCOCCOCCC. The Balaban J connectivity index is 3.36. The summed E-state index contributed by atoms with van der Waals surface area (Å²) in [7, 11) is 0. The summed E-state index contributed by atoms with van der Waals surface area (Å²) in [5.41, 5.74) is 0. The maximum atomic E-state index is 11.8. The van der Waals surface area contributed by atoms with E-state index in [2.05, 4.69) is 12.2 Å². The molecule has 0 aromatic rings. The third-order valence-electron chi connectivity index (χ3n) is 4.43. The van der Waals surface area contributed by atoms with E-state index in [1.807, 2.05) is 6.92 Å². The topological polar surface area (TPSA) is 142 Å². The number of nitrogens with one attached hydrogen (secondary N) is 1. The Morgan fingerprint density at radius 1 is 0.618 bits per heavy atom. The van der Waals surface area contributed by atoms with Gasteiger partial charge in [-0.25, -0.2) is 0 Å². The number of unbranched alkanes of at least 4 members (excludes halogenated alkanes) is 1. The molecule has 0 saturated carbocycles. The molecule has 0 heterocycles. The number of rotatable bonds is 26. The number of ether oxygens (including phenoxy) is 6. The molecule has 3 N–H and O–H groups in total. The van der Waals surface area contributed by atoms with Gasteiger partial charge in [-0.05, 0) is 12.8 Å². The van der Waals surface area contributed by atoms with Gasteiger partial charge in [0.15, 0.2) is 11.9 Å². The zero-order valence-electron chi connectivity index (χ0n) is 20.8. The fraction of sp³-hybridized carbons (Fsp3) is 0.913.